The van der Waals surface area contributed by atoms with Crippen molar-refractivity contribution in [1.29, 1.82) is 0 Å². The highest BCUT2D eigenvalue weighted by atomic mass is 127. The van der Waals surface area contributed by atoms with Gasteiger partial charge in [0.25, 0.3) is 0 Å². The van der Waals surface area contributed by atoms with Gasteiger partial charge < -0.3 is 15.2 Å². The van der Waals surface area contributed by atoms with Crippen LogP contribution in [0.1, 0.15) is 26.7 Å². The Hall–Kier alpha value is -1.94. The maximum Gasteiger partial charge on any atom is 0.191 e. The van der Waals surface area contributed by atoms with Crippen molar-refractivity contribution < 1.29 is 0 Å². The van der Waals surface area contributed by atoms with E-state index in [1.165, 1.54) is 16.0 Å². The van der Waals surface area contributed by atoms with Crippen molar-refractivity contribution in [2.75, 3.05) is 7.05 Å². The van der Waals surface area contributed by atoms with Gasteiger partial charge in [-0.3, -0.25) is 4.99 Å². The Morgan fingerprint density at radius 2 is 1.81 bits per heavy atom. The van der Waals surface area contributed by atoms with E-state index in [0.717, 1.165) is 29.8 Å². The minimum atomic E-state index is 0. The van der Waals surface area contributed by atoms with Gasteiger partial charge in [0.05, 0.1) is 18.6 Å². The zero-order valence-corrected chi connectivity index (χ0v) is 18.9. The molecule has 0 spiro atoms. The highest BCUT2D eigenvalue weighted by molar-refractivity contribution is 14.0. The smallest absolute Gasteiger partial charge is 0.191 e. The van der Waals surface area contributed by atoms with E-state index in [0.29, 0.717) is 6.54 Å². The number of nitrogens with one attached hydrogen (secondary N) is 2. The first-order valence-electron chi connectivity index (χ1n) is 8.55. The molecule has 1 aromatic carbocycles. The Bertz CT molecular complexity index is 835. The number of benzene rings is 1. The van der Waals surface area contributed by atoms with Gasteiger partial charge in [-0.15, -0.1) is 35.3 Å². The molecule has 2 aromatic heterocycles. The molecule has 27 heavy (non-hydrogen) atoms. The van der Waals surface area contributed by atoms with Crippen LogP contribution in [0, 0.1) is 13.8 Å². The highest BCUT2D eigenvalue weighted by Crippen LogP contribution is 2.15. The molecule has 0 bridgehead atoms. The zero-order chi connectivity index (χ0) is 18.4. The first-order valence-corrected chi connectivity index (χ1v) is 9.36. The molecule has 0 saturated carbocycles. The average molecular weight is 496 g/mol. The lowest BCUT2D eigenvalue weighted by molar-refractivity contribution is 0.791. The zero-order valence-electron chi connectivity index (χ0n) is 15.8. The molecular weight excluding hydrogens is 471 g/mol. The molecule has 6 nitrogen and oxygen atoms in total. The van der Waals surface area contributed by atoms with E-state index < -0.39 is 0 Å². The van der Waals surface area contributed by atoms with Gasteiger partial charge in [-0.25, -0.2) is 9.97 Å². The molecule has 0 aliphatic carbocycles. The summed E-state index contributed by atoms with van der Waals surface area (Å²) < 4.78 is 2.06. The summed E-state index contributed by atoms with van der Waals surface area (Å²) >= 11 is 1.72. The summed E-state index contributed by atoms with van der Waals surface area (Å²) in [5, 5.41) is 7.73. The van der Waals surface area contributed by atoms with E-state index >= 15 is 0 Å². The number of hydrogen-bond donors (Lipinski definition) is 2. The third-order valence-corrected chi connectivity index (χ3v) is 5.18. The molecule has 0 aliphatic heterocycles. The van der Waals surface area contributed by atoms with E-state index in [9.17, 15) is 0 Å². The van der Waals surface area contributed by atoms with E-state index in [1.54, 1.807) is 24.6 Å². The molecule has 2 heterocycles. The molecule has 2 N–H and O–H groups in total. The van der Waals surface area contributed by atoms with Crippen molar-refractivity contribution in [1.82, 2.24) is 25.2 Å². The lowest BCUT2D eigenvalue weighted by Gasteiger charge is -2.11. The Labute approximate surface area is 181 Å². The Kier molecular flexibility index (Phi) is 8.23. The lowest BCUT2D eigenvalue weighted by atomic mass is 10.1. The molecule has 0 aliphatic rings. The summed E-state index contributed by atoms with van der Waals surface area (Å²) in [6.07, 6.45) is 5.60. The van der Waals surface area contributed by atoms with Crippen LogP contribution < -0.4 is 10.6 Å². The first kappa shape index (κ1) is 21.4. The summed E-state index contributed by atoms with van der Waals surface area (Å²) in [7, 11) is 1.78. The second-order valence-corrected chi connectivity index (χ2v) is 7.37. The van der Waals surface area contributed by atoms with Gasteiger partial charge in [-0.05, 0) is 25.0 Å². The van der Waals surface area contributed by atoms with Crippen LogP contribution in [-0.2, 0) is 19.6 Å². The summed E-state index contributed by atoms with van der Waals surface area (Å²) in [5.74, 6) is 0.776. The first-order chi connectivity index (χ1) is 12.6. The largest absolute Gasteiger partial charge is 0.352 e. The summed E-state index contributed by atoms with van der Waals surface area (Å²) in [4.78, 5) is 14.2. The van der Waals surface area contributed by atoms with Crippen molar-refractivity contribution in [3.63, 3.8) is 0 Å². The molecule has 3 rings (SSSR count). The topological polar surface area (TPSA) is 67.1 Å². The van der Waals surface area contributed by atoms with Gasteiger partial charge in [0.15, 0.2) is 5.96 Å². The minimum absolute atomic E-state index is 0. The van der Waals surface area contributed by atoms with Gasteiger partial charge in [-0.2, -0.15) is 0 Å². The number of halogens is 1. The van der Waals surface area contributed by atoms with Gasteiger partial charge >= 0.3 is 0 Å². The standard InChI is InChI=1S/C19H24N6S.HI/c1-14-15(2)26-18(24-14)11-23-19(20-3)22-10-16-4-6-17(7-5-16)12-25-9-8-21-13-25;/h4-9,13H,10-12H2,1-3H3,(H2,20,22,23);1H. The van der Waals surface area contributed by atoms with Gasteiger partial charge in [0.2, 0.25) is 0 Å². The second kappa shape index (κ2) is 10.4. The van der Waals surface area contributed by atoms with Crippen molar-refractivity contribution in [2.45, 2.75) is 33.5 Å². The van der Waals surface area contributed by atoms with Gasteiger partial charge in [0, 0.05) is 37.4 Å². The maximum absolute atomic E-state index is 4.54. The monoisotopic (exact) mass is 496 g/mol. The molecule has 0 amide bonds. The van der Waals surface area contributed by atoms with Crippen molar-refractivity contribution in [3.05, 3.63) is 69.7 Å². The molecule has 0 radical (unpaired) electrons. The Balaban J connectivity index is 0.00000261. The summed E-state index contributed by atoms with van der Waals surface area (Å²) in [5.41, 5.74) is 3.57. The van der Waals surface area contributed by atoms with Crippen LogP contribution in [0.2, 0.25) is 0 Å². The van der Waals surface area contributed by atoms with E-state index in [4.69, 9.17) is 0 Å². The number of thiazole rings is 1. The van der Waals surface area contributed by atoms with Crippen LogP contribution in [0.25, 0.3) is 0 Å². The average Bonchev–Trinajstić information content (AvgIpc) is 3.26. The van der Waals surface area contributed by atoms with Gasteiger partial charge in [0.1, 0.15) is 5.01 Å². The van der Waals surface area contributed by atoms with Gasteiger partial charge in [-0.1, -0.05) is 24.3 Å². The molecular formula is C19H25IN6S. The molecule has 0 saturated heterocycles. The van der Waals surface area contributed by atoms with Crippen molar-refractivity contribution in [3.8, 4) is 0 Å². The summed E-state index contributed by atoms with van der Waals surface area (Å²) in [6.45, 7) is 6.38. The quantitative estimate of drug-likeness (QED) is 0.312. The van der Waals surface area contributed by atoms with E-state index in [2.05, 4.69) is 61.4 Å². The third-order valence-electron chi connectivity index (χ3n) is 4.11. The van der Waals surface area contributed by atoms with E-state index in [1.807, 2.05) is 19.4 Å². The number of aliphatic imine (C=N–C) groups is 1. The Morgan fingerprint density at radius 3 is 2.41 bits per heavy atom. The van der Waals surface area contributed by atoms with Crippen LogP contribution in [0.15, 0.2) is 48.0 Å². The fourth-order valence-electron chi connectivity index (χ4n) is 2.53. The number of hydrogen-bond acceptors (Lipinski definition) is 4. The lowest BCUT2D eigenvalue weighted by Crippen LogP contribution is -2.36. The molecule has 0 atom stereocenters. The van der Waals surface area contributed by atoms with Crippen molar-refractivity contribution in [2.24, 2.45) is 4.99 Å². The van der Waals surface area contributed by atoms with Crippen LogP contribution in [0.5, 0.6) is 0 Å². The molecule has 3 aromatic rings. The van der Waals surface area contributed by atoms with E-state index in [-0.39, 0.29) is 24.0 Å². The SMILES string of the molecule is CN=C(NCc1ccc(Cn2ccnc2)cc1)NCc1nc(C)c(C)s1.I. The predicted octanol–water partition coefficient (Wildman–Crippen LogP) is 3.49. The fourth-order valence-corrected chi connectivity index (χ4v) is 3.41. The molecule has 0 unspecified atom stereocenters. The van der Waals surface area contributed by atoms with Crippen LogP contribution in [0.4, 0.5) is 0 Å². The second-order valence-electron chi connectivity index (χ2n) is 6.08. The third kappa shape index (κ3) is 6.31. The molecule has 144 valence electrons. The van der Waals surface area contributed by atoms with Crippen LogP contribution in [-0.4, -0.2) is 27.5 Å². The fraction of sp³-hybridized carbons (Fsp3) is 0.316. The predicted molar refractivity (Wildman–Crippen MR) is 122 cm³/mol. The van der Waals surface area contributed by atoms with Crippen LogP contribution >= 0.6 is 35.3 Å². The minimum Gasteiger partial charge on any atom is -0.352 e. The number of aromatic nitrogens is 3. The molecule has 0 fully saturated rings. The summed E-state index contributed by atoms with van der Waals surface area (Å²) in [6, 6.07) is 8.57. The number of rotatable bonds is 6. The number of aryl methyl sites for hydroxylation is 2. The number of guanidine groups is 1. The number of nitrogens with zero attached hydrogens (tertiary/aromatic N) is 4. The molecule has 8 heteroatoms. The normalized spacial score (nSPS) is 11.1. The number of imidazole rings is 1. The maximum atomic E-state index is 4.54. The van der Waals surface area contributed by atoms with Crippen LogP contribution in [0.3, 0.4) is 0 Å². The Morgan fingerprint density at radius 1 is 1.11 bits per heavy atom. The van der Waals surface area contributed by atoms with Crippen molar-refractivity contribution >= 4 is 41.3 Å². The highest BCUT2D eigenvalue weighted by Gasteiger charge is 2.05.